The van der Waals surface area contributed by atoms with Crippen LogP contribution in [0.5, 0.6) is 5.88 Å². The number of nitrogens with zero attached hydrogens (tertiary/aromatic N) is 2. The van der Waals surface area contributed by atoms with Gasteiger partial charge in [0.25, 0.3) is 11.8 Å². The predicted octanol–water partition coefficient (Wildman–Crippen LogP) is 1.98. The van der Waals surface area contributed by atoms with Gasteiger partial charge in [0.2, 0.25) is 5.88 Å². The molecule has 100 valence electrons. The second kappa shape index (κ2) is 4.45. The van der Waals surface area contributed by atoms with E-state index in [1.54, 1.807) is 0 Å². The molecule has 2 aromatic rings. The molecule has 0 unspecified atom stereocenters. The summed E-state index contributed by atoms with van der Waals surface area (Å²) in [5, 5.41) is 0. The molecule has 3 rings (SSSR count). The Bertz CT molecular complexity index is 711. The third kappa shape index (κ3) is 1.67. The van der Waals surface area contributed by atoms with E-state index in [2.05, 4.69) is 4.98 Å². The SMILES string of the molecule is COc1cc2c(c(-c3ccccc3)n1)C(=O)N(C)C2=O. The first-order valence-electron chi connectivity index (χ1n) is 6.10. The van der Waals surface area contributed by atoms with Crippen LogP contribution in [0.3, 0.4) is 0 Å². The van der Waals surface area contributed by atoms with Gasteiger partial charge in [-0.25, -0.2) is 4.98 Å². The van der Waals surface area contributed by atoms with Crippen LogP contribution in [0.1, 0.15) is 20.7 Å². The summed E-state index contributed by atoms with van der Waals surface area (Å²) in [4.78, 5) is 29.7. The molecule has 20 heavy (non-hydrogen) atoms. The minimum atomic E-state index is -0.334. The summed E-state index contributed by atoms with van der Waals surface area (Å²) >= 11 is 0. The van der Waals surface area contributed by atoms with Gasteiger partial charge < -0.3 is 4.74 Å². The van der Waals surface area contributed by atoms with Crippen LogP contribution in [-0.2, 0) is 0 Å². The number of carbonyl (C=O) groups excluding carboxylic acids is 2. The van der Waals surface area contributed by atoms with Gasteiger partial charge in [0.05, 0.1) is 23.9 Å². The van der Waals surface area contributed by atoms with E-state index in [0.29, 0.717) is 22.7 Å². The number of ether oxygens (including phenoxy) is 1. The molecule has 0 fully saturated rings. The quantitative estimate of drug-likeness (QED) is 0.781. The van der Waals surface area contributed by atoms with Crippen molar-refractivity contribution in [1.82, 2.24) is 9.88 Å². The Balaban J connectivity index is 2.31. The van der Waals surface area contributed by atoms with Gasteiger partial charge in [-0.15, -0.1) is 0 Å². The van der Waals surface area contributed by atoms with Gasteiger partial charge in [0.15, 0.2) is 0 Å². The van der Waals surface area contributed by atoms with Crippen molar-refractivity contribution in [2.24, 2.45) is 0 Å². The predicted molar refractivity (Wildman–Crippen MR) is 72.6 cm³/mol. The van der Waals surface area contributed by atoms with Crippen molar-refractivity contribution in [1.29, 1.82) is 0 Å². The number of amides is 2. The standard InChI is InChI=1S/C15H12N2O3/c1-17-14(18)10-8-11(20-2)16-13(12(10)15(17)19)9-6-4-3-5-7-9/h3-8H,1-2H3. The second-order valence-corrected chi connectivity index (χ2v) is 4.47. The zero-order valence-electron chi connectivity index (χ0n) is 11.1. The Kier molecular flexibility index (Phi) is 2.75. The van der Waals surface area contributed by atoms with Crippen molar-refractivity contribution in [3.8, 4) is 17.1 Å². The summed E-state index contributed by atoms with van der Waals surface area (Å²) in [7, 11) is 2.94. The largest absolute Gasteiger partial charge is 0.481 e. The third-order valence-electron chi connectivity index (χ3n) is 3.31. The lowest BCUT2D eigenvalue weighted by Gasteiger charge is -2.08. The zero-order chi connectivity index (χ0) is 14.3. The molecule has 2 heterocycles. The van der Waals surface area contributed by atoms with Gasteiger partial charge in [-0.1, -0.05) is 30.3 Å². The molecule has 1 aliphatic rings. The molecule has 1 aliphatic heterocycles. The Morgan fingerprint density at radius 1 is 1.10 bits per heavy atom. The van der Waals surface area contributed by atoms with Crippen LogP contribution in [0.2, 0.25) is 0 Å². The van der Waals surface area contributed by atoms with E-state index < -0.39 is 0 Å². The van der Waals surface area contributed by atoms with Crippen LogP contribution in [-0.4, -0.2) is 35.9 Å². The Morgan fingerprint density at radius 2 is 1.80 bits per heavy atom. The summed E-state index contributed by atoms with van der Waals surface area (Å²) in [5.74, 6) is -0.346. The number of benzene rings is 1. The van der Waals surface area contributed by atoms with Crippen molar-refractivity contribution in [2.75, 3.05) is 14.2 Å². The molecule has 5 heteroatoms. The average molecular weight is 268 g/mol. The van der Waals surface area contributed by atoms with E-state index >= 15 is 0 Å². The number of hydrogen-bond acceptors (Lipinski definition) is 4. The van der Waals surface area contributed by atoms with Gasteiger partial charge in [-0.3, -0.25) is 14.5 Å². The maximum absolute atomic E-state index is 12.2. The molecule has 1 aromatic heterocycles. The minimum Gasteiger partial charge on any atom is -0.481 e. The smallest absolute Gasteiger partial charge is 0.263 e. The number of rotatable bonds is 2. The summed E-state index contributed by atoms with van der Waals surface area (Å²) < 4.78 is 5.13. The van der Waals surface area contributed by atoms with Gasteiger partial charge >= 0.3 is 0 Å². The highest BCUT2D eigenvalue weighted by Crippen LogP contribution is 2.33. The molecule has 0 radical (unpaired) electrons. The first-order chi connectivity index (χ1) is 9.63. The van der Waals surface area contributed by atoms with Gasteiger partial charge in [0, 0.05) is 18.7 Å². The van der Waals surface area contributed by atoms with E-state index in [0.717, 1.165) is 10.5 Å². The number of imide groups is 1. The molecule has 0 bridgehead atoms. The van der Waals surface area contributed by atoms with E-state index in [1.807, 2.05) is 30.3 Å². The molecule has 0 atom stereocenters. The number of fused-ring (bicyclic) bond motifs is 1. The first-order valence-corrected chi connectivity index (χ1v) is 6.10. The first kappa shape index (κ1) is 12.3. The van der Waals surface area contributed by atoms with Gasteiger partial charge in [-0.05, 0) is 0 Å². The topological polar surface area (TPSA) is 59.5 Å². The van der Waals surface area contributed by atoms with Crippen molar-refractivity contribution in [2.45, 2.75) is 0 Å². The van der Waals surface area contributed by atoms with Crippen molar-refractivity contribution in [3.63, 3.8) is 0 Å². The van der Waals surface area contributed by atoms with E-state index in [1.165, 1.54) is 20.2 Å². The average Bonchev–Trinajstić information content (AvgIpc) is 2.72. The highest BCUT2D eigenvalue weighted by Gasteiger charge is 2.36. The molecule has 2 amide bonds. The Labute approximate surface area is 115 Å². The molecule has 0 saturated heterocycles. The molecular weight excluding hydrogens is 256 g/mol. The van der Waals surface area contributed by atoms with Crippen molar-refractivity contribution in [3.05, 3.63) is 47.5 Å². The van der Waals surface area contributed by atoms with Gasteiger partial charge in [0.1, 0.15) is 0 Å². The van der Waals surface area contributed by atoms with E-state index in [4.69, 9.17) is 4.74 Å². The number of aromatic nitrogens is 1. The molecule has 1 aromatic carbocycles. The highest BCUT2D eigenvalue weighted by molar-refractivity contribution is 6.23. The third-order valence-corrected chi connectivity index (χ3v) is 3.31. The summed E-state index contributed by atoms with van der Waals surface area (Å²) in [6, 6.07) is 10.8. The fourth-order valence-electron chi connectivity index (χ4n) is 2.26. The molecule has 5 nitrogen and oxygen atoms in total. The van der Waals surface area contributed by atoms with Crippen LogP contribution in [0.4, 0.5) is 0 Å². The van der Waals surface area contributed by atoms with Crippen molar-refractivity contribution >= 4 is 11.8 Å². The Morgan fingerprint density at radius 3 is 2.45 bits per heavy atom. The Hall–Kier alpha value is -2.69. The lowest BCUT2D eigenvalue weighted by Crippen LogP contribution is -2.24. The number of methoxy groups -OCH3 is 1. The zero-order valence-corrected chi connectivity index (χ0v) is 11.1. The van der Waals surface area contributed by atoms with Crippen LogP contribution in [0, 0.1) is 0 Å². The number of carbonyl (C=O) groups is 2. The lowest BCUT2D eigenvalue weighted by atomic mass is 10.0. The van der Waals surface area contributed by atoms with Crippen LogP contribution in [0.25, 0.3) is 11.3 Å². The van der Waals surface area contributed by atoms with E-state index in [9.17, 15) is 9.59 Å². The van der Waals surface area contributed by atoms with E-state index in [-0.39, 0.29) is 11.8 Å². The maximum atomic E-state index is 12.2. The molecular formula is C15H12N2O3. The van der Waals surface area contributed by atoms with Crippen LogP contribution < -0.4 is 4.74 Å². The van der Waals surface area contributed by atoms with Crippen LogP contribution >= 0.6 is 0 Å². The van der Waals surface area contributed by atoms with Crippen molar-refractivity contribution < 1.29 is 14.3 Å². The van der Waals surface area contributed by atoms with Gasteiger partial charge in [-0.2, -0.15) is 0 Å². The van der Waals surface area contributed by atoms with Crippen LogP contribution in [0.15, 0.2) is 36.4 Å². The fourth-order valence-corrected chi connectivity index (χ4v) is 2.26. The second-order valence-electron chi connectivity index (χ2n) is 4.47. The summed E-state index contributed by atoms with van der Waals surface area (Å²) in [6.07, 6.45) is 0. The molecule has 0 spiro atoms. The number of hydrogen-bond donors (Lipinski definition) is 0. The maximum Gasteiger partial charge on any atom is 0.263 e. The number of pyridine rings is 1. The molecule has 0 N–H and O–H groups in total. The fraction of sp³-hybridized carbons (Fsp3) is 0.133. The molecule has 0 aliphatic carbocycles. The lowest BCUT2D eigenvalue weighted by molar-refractivity contribution is 0.0693. The summed E-state index contributed by atoms with van der Waals surface area (Å²) in [5.41, 5.74) is 1.93. The summed E-state index contributed by atoms with van der Waals surface area (Å²) in [6.45, 7) is 0. The monoisotopic (exact) mass is 268 g/mol. The molecule has 0 saturated carbocycles. The minimum absolute atomic E-state index is 0.319. The highest BCUT2D eigenvalue weighted by atomic mass is 16.5. The normalized spacial score (nSPS) is 13.6.